The first-order valence-electron chi connectivity index (χ1n) is 7.45. The molecule has 1 N–H and O–H groups in total. The van der Waals surface area contributed by atoms with Gasteiger partial charge in [0.25, 0.3) is 0 Å². The van der Waals surface area contributed by atoms with E-state index in [2.05, 4.69) is 6.92 Å². The number of ether oxygens (including phenoxy) is 2. The van der Waals surface area contributed by atoms with Crippen LogP contribution in [0.2, 0.25) is 0 Å². The maximum atomic E-state index is 11.6. The number of unbranched alkanes of at least 4 members (excludes halogenated alkanes) is 1. The van der Waals surface area contributed by atoms with E-state index in [1.807, 2.05) is 17.5 Å². The second-order valence-corrected chi connectivity index (χ2v) is 5.89. The fourth-order valence-electron chi connectivity index (χ4n) is 2.04. The van der Waals surface area contributed by atoms with E-state index in [1.54, 1.807) is 31.4 Å². The van der Waals surface area contributed by atoms with Gasteiger partial charge in [0.05, 0.1) is 19.3 Å². The third-order valence-corrected chi connectivity index (χ3v) is 4.20. The molecule has 0 unspecified atom stereocenters. The van der Waals surface area contributed by atoms with Crippen LogP contribution >= 0.6 is 11.3 Å². The topological polar surface area (TPSA) is 55.8 Å². The van der Waals surface area contributed by atoms with Gasteiger partial charge in [-0.2, -0.15) is 0 Å². The summed E-state index contributed by atoms with van der Waals surface area (Å²) in [5, 5.41) is 11.3. The lowest BCUT2D eigenvalue weighted by atomic mass is 10.1. The van der Waals surface area contributed by atoms with E-state index >= 15 is 0 Å². The normalized spacial score (nSPS) is 11.3. The summed E-state index contributed by atoms with van der Waals surface area (Å²) in [4.78, 5) is 12.3. The average Bonchev–Trinajstić information content (AvgIpc) is 3.07. The quantitative estimate of drug-likeness (QED) is 0.569. The molecule has 0 spiro atoms. The first-order valence-corrected chi connectivity index (χ1v) is 8.33. The molecule has 0 radical (unpaired) electrons. The second kappa shape index (κ2) is 8.39. The fourth-order valence-corrected chi connectivity index (χ4v) is 2.77. The summed E-state index contributed by atoms with van der Waals surface area (Å²) in [5.74, 6) is 0.359. The number of rotatable bonds is 8. The molecule has 0 aliphatic heterocycles. The van der Waals surface area contributed by atoms with Gasteiger partial charge < -0.3 is 14.6 Å². The van der Waals surface area contributed by atoms with Crippen LogP contribution in [-0.4, -0.2) is 24.8 Å². The zero-order valence-corrected chi connectivity index (χ0v) is 14.1. The minimum atomic E-state index is -0.956. The summed E-state index contributed by atoms with van der Waals surface area (Å²) in [6, 6.07) is 9.04. The molecule has 2 rings (SSSR count). The maximum absolute atomic E-state index is 11.6. The number of hydrogen-bond acceptors (Lipinski definition) is 4. The van der Waals surface area contributed by atoms with Crippen LogP contribution in [0, 0.1) is 0 Å². The molecule has 0 bridgehead atoms. The van der Waals surface area contributed by atoms with Crippen LogP contribution in [0.3, 0.4) is 0 Å². The Morgan fingerprint density at radius 2 is 2.17 bits per heavy atom. The Hall–Kier alpha value is -2.27. The molecule has 0 atom stereocenters. The fraction of sp³-hybridized carbons (Fsp3) is 0.278. The van der Waals surface area contributed by atoms with Crippen LogP contribution < -0.4 is 9.47 Å². The number of thiophene rings is 1. The summed E-state index contributed by atoms with van der Waals surface area (Å²) < 4.78 is 11.0. The largest absolute Gasteiger partial charge is 0.497 e. The molecular weight excluding hydrogens is 312 g/mol. The Balaban J connectivity index is 2.39. The van der Waals surface area contributed by atoms with Crippen molar-refractivity contribution in [2.24, 2.45) is 0 Å². The summed E-state index contributed by atoms with van der Waals surface area (Å²) in [5.41, 5.74) is 0.984. The highest BCUT2D eigenvalue weighted by Gasteiger charge is 2.13. The van der Waals surface area contributed by atoms with Gasteiger partial charge in [-0.25, -0.2) is 4.79 Å². The van der Waals surface area contributed by atoms with E-state index in [4.69, 9.17) is 9.47 Å². The minimum absolute atomic E-state index is 0.255. The molecular formula is C18H20O4S. The third-order valence-electron chi connectivity index (χ3n) is 3.29. The van der Waals surface area contributed by atoms with Crippen molar-refractivity contribution in [3.8, 4) is 11.5 Å². The van der Waals surface area contributed by atoms with Crippen molar-refractivity contribution in [2.75, 3.05) is 13.7 Å². The van der Waals surface area contributed by atoms with Gasteiger partial charge in [-0.3, -0.25) is 0 Å². The monoisotopic (exact) mass is 332 g/mol. The van der Waals surface area contributed by atoms with Gasteiger partial charge in [0.2, 0.25) is 0 Å². The molecule has 0 saturated heterocycles. The van der Waals surface area contributed by atoms with Gasteiger partial charge in [-0.05, 0) is 36.1 Å². The summed E-state index contributed by atoms with van der Waals surface area (Å²) in [6.07, 6.45) is 3.62. The maximum Gasteiger partial charge on any atom is 0.337 e. The first-order chi connectivity index (χ1) is 11.2. The van der Waals surface area contributed by atoms with Crippen molar-refractivity contribution in [3.05, 3.63) is 46.2 Å². The highest BCUT2D eigenvalue weighted by atomic mass is 32.1. The lowest BCUT2D eigenvalue weighted by molar-refractivity contribution is -0.130. The molecule has 4 nitrogen and oxygen atoms in total. The average molecular weight is 332 g/mol. The lowest BCUT2D eigenvalue weighted by Crippen LogP contribution is -2.01. The van der Waals surface area contributed by atoms with Gasteiger partial charge in [-0.15, -0.1) is 11.3 Å². The molecule has 0 fully saturated rings. The van der Waals surface area contributed by atoms with Crippen molar-refractivity contribution in [3.63, 3.8) is 0 Å². The number of carboxylic acids is 1. The van der Waals surface area contributed by atoms with Gasteiger partial charge in [-0.1, -0.05) is 19.4 Å². The Morgan fingerprint density at radius 3 is 2.78 bits per heavy atom. The molecule has 1 aromatic carbocycles. The van der Waals surface area contributed by atoms with Crippen molar-refractivity contribution in [1.29, 1.82) is 0 Å². The molecule has 0 amide bonds. The summed E-state index contributed by atoms with van der Waals surface area (Å²) in [6.45, 7) is 2.68. The van der Waals surface area contributed by atoms with Crippen molar-refractivity contribution in [2.45, 2.75) is 19.8 Å². The van der Waals surface area contributed by atoms with Gasteiger partial charge in [0, 0.05) is 16.5 Å². The molecule has 0 aliphatic rings. The standard InChI is InChI=1S/C18H20O4S/c1-3-4-9-22-16-12-14(21-2)8-7-13(16)11-15(18(19)20)17-6-5-10-23-17/h5-8,10-12H,3-4,9H2,1-2H3,(H,19,20)/b15-11-. The van der Waals surface area contributed by atoms with Crippen LogP contribution in [0.25, 0.3) is 11.6 Å². The SMILES string of the molecule is CCCCOc1cc(OC)ccc1/C=C(\C(=O)O)c1cccs1. The number of hydrogen-bond donors (Lipinski definition) is 1. The molecule has 0 aliphatic carbocycles. The number of carbonyl (C=O) groups is 1. The zero-order chi connectivity index (χ0) is 16.7. The molecule has 122 valence electrons. The van der Waals surface area contributed by atoms with E-state index in [0.29, 0.717) is 23.0 Å². The number of methoxy groups -OCH3 is 1. The first kappa shape index (κ1) is 17.1. The highest BCUT2D eigenvalue weighted by molar-refractivity contribution is 7.11. The second-order valence-electron chi connectivity index (χ2n) is 4.95. The molecule has 1 heterocycles. The van der Waals surface area contributed by atoms with E-state index in [9.17, 15) is 9.90 Å². The van der Waals surface area contributed by atoms with E-state index < -0.39 is 5.97 Å². The minimum Gasteiger partial charge on any atom is -0.497 e. The smallest absolute Gasteiger partial charge is 0.337 e. The van der Waals surface area contributed by atoms with Crippen molar-refractivity contribution >= 4 is 29.0 Å². The van der Waals surface area contributed by atoms with Crippen LogP contribution in [0.1, 0.15) is 30.2 Å². The van der Waals surface area contributed by atoms with Crippen LogP contribution in [-0.2, 0) is 4.79 Å². The molecule has 23 heavy (non-hydrogen) atoms. The van der Waals surface area contributed by atoms with Crippen LogP contribution in [0.5, 0.6) is 11.5 Å². The molecule has 5 heteroatoms. The van der Waals surface area contributed by atoms with E-state index in [0.717, 1.165) is 18.4 Å². The highest BCUT2D eigenvalue weighted by Crippen LogP contribution is 2.30. The van der Waals surface area contributed by atoms with Gasteiger partial charge >= 0.3 is 5.97 Å². The number of benzene rings is 1. The van der Waals surface area contributed by atoms with Crippen molar-refractivity contribution < 1.29 is 19.4 Å². The van der Waals surface area contributed by atoms with Crippen LogP contribution in [0.15, 0.2) is 35.7 Å². The molecule has 0 saturated carbocycles. The molecule has 1 aromatic heterocycles. The predicted molar refractivity (Wildman–Crippen MR) is 93.2 cm³/mol. The predicted octanol–water partition coefficient (Wildman–Crippen LogP) is 4.56. The Morgan fingerprint density at radius 1 is 1.35 bits per heavy atom. The summed E-state index contributed by atoms with van der Waals surface area (Å²) >= 11 is 1.40. The van der Waals surface area contributed by atoms with Crippen LogP contribution in [0.4, 0.5) is 0 Å². The van der Waals surface area contributed by atoms with Gasteiger partial charge in [0.15, 0.2) is 0 Å². The third kappa shape index (κ3) is 4.60. The Bertz CT molecular complexity index is 674. The number of carboxylic acid groups (broad SMARTS) is 1. The van der Waals surface area contributed by atoms with E-state index in [1.165, 1.54) is 11.3 Å². The van der Waals surface area contributed by atoms with E-state index in [-0.39, 0.29) is 5.57 Å². The number of aliphatic carboxylic acids is 1. The zero-order valence-electron chi connectivity index (χ0n) is 13.2. The Kier molecular flexibility index (Phi) is 6.23. The lowest BCUT2D eigenvalue weighted by Gasteiger charge is -2.11. The summed E-state index contributed by atoms with van der Waals surface area (Å²) in [7, 11) is 1.59. The van der Waals surface area contributed by atoms with Gasteiger partial charge in [0.1, 0.15) is 11.5 Å². The molecule has 2 aromatic rings. The van der Waals surface area contributed by atoms with Crippen molar-refractivity contribution in [1.82, 2.24) is 0 Å². The Labute approximate surface area is 140 Å².